The Morgan fingerprint density at radius 1 is 1.35 bits per heavy atom. The summed E-state index contributed by atoms with van der Waals surface area (Å²) in [4.78, 5) is 15.8. The summed E-state index contributed by atoms with van der Waals surface area (Å²) in [7, 11) is 0. The second kappa shape index (κ2) is 9.43. The molecule has 2 aromatic rings. The lowest BCUT2D eigenvalue weighted by atomic mass is 10.3. The van der Waals surface area contributed by atoms with E-state index in [9.17, 15) is 4.79 Å². The second-order valence-corrected chi connectivity index (χ2v) is 6.93. The van der Waals surface area contributed by atoms with Gasteiger partial charge in [-0.3, -0.25) is 15.5 Å². The fourth-order valence-corrected chi connectivity index (χ4v) is 3.53. The highest BCUT2D eigenvalue weighted by Gasteiger charge is 2.04. The molecule has 5 N–H and O–H groups in total. The number of thiophene rings is 1. The van der Waals surface area contributed by atoms with Crippen LogP contribution in [0.4, 0.5) is 0 Å². The number of aromatic nitrogens is 1. The standard InChI is InChI=1S/C15H19N5OS2/c16-12(6-8-20(17)9-10-21)11-19-23-15-5-4-14(22-15)13-3-1-2-7-18-13/h1-7,10,19H,8-9,11,16-17H2. The Labute approximate surface area is 143 Å². The minimum absolute atomic E-state index is 0.192. The Hall–Kier alpha value is -1.71. The van der Waals surface area contributed by atoms with Gasteiger partial charge in [0.25, 0.3) is 0 Å². The summed E-state index contributed by atoms with van der Waals surface area (Å²) in [5.74, 6) is 5.58. The summed E-state index contributed by atoms with van der Waals surface area (Å²) >= 11 is 3.20. The molecule has 23 heavy (non-hydrogen) atoms. The van der Waals surface area contributed by atoms with Gasteiger partial charge in [-0.15, -0.1) is 11.3 Å². The van der Waals surface area contributed by atoms with Crippen LogP contribution in [0.15, 0.2) is 52.5 Å². The molecule has 0 aromatic carbocycles. The second-order valence-electron chi connectivity index (χ2n) is 4.66. The maximum Gasteiger partial charge on any atom is 0.135 e. The van der Waals surface area contributed by atoms with Crippen LogP contribution in [-0.2, 0) is 4.79 Å². The molecule has 0 saturated carbocycles. The van der Waals surface area contributed by atoms with E-state index in [1.54, 1.807) is 23.6 Å². The topological polar surface area (TPSA) is 97.3 Å². The van der Waals surface area contributed by atoms with Crippen LogP contribution in [0, 0.1) is 0 Å². The van der Waals surface area contributed by atoms with Crippen LogP contribution in [0.3, 0.4) is 0 Å². The number of nitrogens with zero attached hydrogens (tertiary/aromatic N) is 2. The molecular weight excluding hydrogens is 330 g/mol. The summed E-state index contributed by atoms with van der Waals surface area (Å²) in [6.45, 7) is 1.17. The molecule has 0 unspecified atom stereocenters. The van der Waals surface area contributed by atoms with Crippen LogP contribution in [-0.4, -0.2) is 35.9 Å². The Morgan fingerprint density at radius 2 is 2.22 bits per heavy atom. The van der Waals surface area contributed by atoms with Crippen LogP contribution < -0.4 is 16.3 Å². The van der Waals surface area contributed by atoms with Gasteiger partial charge in [-0.1, -0.05) is 6.07 Å². The third-order valence-electron chi connectivity index (χ3n) is 2.84. The van der Waals surface area contributed by atoms with Crippen molar-refractivity contribution in [3.63, 3.8) is 0 Å². The number of carbonyl (C=O) groups is 1. The van der Waals surface area contributed by atoms with Crippen molar-refractivity contribution in [2.45, 2.75) is 4.21 Å². The zero-order valence-corrected chi connectivity index (χ0v) is 14.1. The van der Waals surface area contributed by atoms with Gasteiger partial charge in [0.2, 0.25) is 0 Å². The third-order valence-corrected chi connectivity index (χ3v) is 4.87. The van der Waals surface area contributed by atoms with Crippen molar-refractivity contribution >= 4 is 29.6 Å². The average molecular weight is 349 g/mol. The maximum absolute atomic E-state index is 10.3. The number of nitrogens with two attached hydrogens (primary N) is 2. The first kappa shape index (κ1) is 17.6. The maximum atomic E-state index is 10.3. The van der Waals surface area contributed by atoms with Gasteiger partial charge < -0.3 is 10.5 Å². The zero-order chi connectivity index (χ0) is 16.5. The number of aldehydes is 1. The zero-order valence-electron chi connectivity index (χ0n) is 12.5. The molecule has 0 atom stereocenters. The van der Waals surface area contributed by atoms with E-state index in [4.69, 9.17) is 11.6 Å². The number of hydrogen-bond acceptors (Lipinski definition) is 8. The quantitative estimate of drug-likeness (QED) is 0.274. The number of hydrazine groups is 1. The van der Waals surface area contributed by atoms with E-state index >= 15 is 0 Å². The van der Waals surface area contributed by atoms with Crippen LogP contribution in [0.5, 0.6) is 0 Å². The molecule has 0 aliphatic rings. The van der Waals surface area contributed by atoms with Crippen molar-refractivity contribution in [1.82, 2.24) is 14.7 Å². The van der Waals surface area contributed by atoms with Gasteiger partial charge in [0, 0.05) is 25.0 Å². The first-order chi connectivity index (χ1) is 11.2. The largest absolute Gasteiger partial charge is 0.401 e. The lowest BCUT2D eigenvalue weighted by Crippen LogP contribution is -2.33. The summed E-state index contributed by atoms with van der Waals surface area (Å²) in [5.41, 5.74) is 7.54. The summed E-state index contributed by atoms with van der Waals surface area (Å²) in [5, 5.41) is 1.39. The molecular formula is C15H19N5OS2. The van der Waals surface area contributed by atoms with Crippen molar-refractivity contribution in [2.24, 2.45) is 11.6 Å². The summed E-state index contributed by atoms with van der Waals surface area (Å²) in [6.07, 6.45) is 4.34. The smallest absolute Gasteiger partial charge is 0.135 e. The van der Waals surface area contributed by atoms with Gasteiger partial charge in [0.05, 0.1) is 21.3 Å². The van der Waals surface area contributed by atoms with E-state index in [0.717, 1.165) is 21.1 Å². The summed E-state index contributed by atoms with van der Waals surface area (Å²) in [6, 6.07) is 9.98. The molecule has 122 valence electrons. The predicted molar refractivity (Wildman–Crippen MR) is 95.5 cm³/mol. The van der Waals surface area contributed by atoms with E-state index < -0.39 is 0 Å². The van der Waals surface area contributed by atoms with Crippen LogP contribution in [0.25, 0.3) is 10.6 Å². The molecule has 0 aliphatic carbocycles. The molecule has 6 nitrogen and oxygen atoms in total. The Morgan fingerprint density at radius 3 is 2.96 bits per heavy atom. The number of nitrogens with one attached hydrogen (secondary N) is 1. The monoisotopic (exact) mass is 349 g/mol. The Bertz CT molecular complexity index is 644. The van der Waals surface area contributed by atoms with Gasteiger partial charge >= 0.3 is 0 Å². The molecule has 2 rings (SSSR count). The van der Waals surface area contributed by atoms with Crippen molar-refractivity contribution < 1.29 is 4.79 Å². The normalized spacial score (nSPS) is 11.8. The van der Waals surface area contributed by atoms with Gasteiger partial charge in [-0.2, -0.15) is 0 Å². The van der Waals surface area contributed by atoms with E-state index in [0.29, 0.717) is 18.8 Å². The molecule has 8 heteroatoms. The SMILES string of the molecule is NC(=CCN(N)CC=O)CNSc1ccc(-c2ccccn2)s1. The highest BCUT2D eigenvalue weighted by atomic mass is 32.2. The number of pyridine rings is 1. The number of rotatable bonds is 9. The third kappa shape index (κ3) is 6.12. The fourth-order valence-electron chi connectivity index (χ4n) is 1.69. The van der Waals surface area contributed by atoms with Crippen molar-refractivity contribution in [1.29, 1.82) is 0 Å². The molecule has 0 spiro atoms. The Balaban J connectivity index is 1.77. The van der Waals surface area contributed by atoms with Crippen LogP contribution >= 0.6 is 23.3 Å². The van der Waals surface area contributed by atoms with Gasteiger partial charge in [-0.25, -0.2) is 5.01 Å². The van der Waals surface area contributed by atoms with Crippen molar-refractivity contribution in [3.8, 4) is 10.6 Å². The van der Waals surface area contributed by atoms with Gasteiger partial charge in [0.15, 0.2) is 0 Å². The molecule has 0 saturated heterocycles. The van der Waals surface area contributed by atoms with Gasteiger partial charge in [0.1, 0.15) is 6.29 Å². The van der Waals surface area contributed by atoms with E-state index in [1.807, 2.05) is 18.2 Å². The van der Waals surface area contributed by atoms with Crippen LogP contribution in [0.2, 0.25) is 0 Å². The van der Waals surface area contributed by atoms with E-state index in [2.05, 4.69) is 21.8 Å². The lowest BCUT2D eigenvalue weighted by molar-refractivity contribution is -0.108. The van der Waals surface area contributed by atoms with E-state index in [1.165, 1.54) is 17.0 Å². The first-order valence-electron chi connectivity index (χ1n) is 6.97. The fraction of sp³-hybridized carbons (Fsp3) is 0.200. The molecule has 0 radical (unpaired) electrons. The molecule has 0 bridgehead atoms. The highest BCUT2D eigenvalue weighted by molar-refractivity contribution is 7.99. The van der Waals surface area contributed by atoms with Crippen molar-refractivity contribution in [3.05, 3.63) is 48.3 Å². The lowest BCUT2D eigenvalue weighted by Gasteiger charge is -2.10. The average Bonchev–Trinajstić information content (AvgIpc) is 3.03. The van der Waals surface area contributed by atoms with Crippen LogP contribution in [0.1, 0.15) is 0 Å². The van der Waals surface area contributed by atoms with Crippen molar-refractivity contribution in [2.75, 3.05) is 19.6 Å². The first-order valence-corrected chi connectivity index (χ1v) is 8.61. The predicted octanol–water partition coefficient (Wildman–Crippen LogP) is 1.62. The molecule has 0 fully saturated rings. The molecule has 2 heterocycles. The minimum atomic E-state index is 0.192. The van der Waals surface area contributed by atoms with E-state index in [-0.39, 0.29) is 6.54 Å². The number of hydrogen-bond donors (Lipinski definition) is 3. The highest BCUT2D eigenvalue weighted by Crippen LogP contribution is 2.31. The summed E-state index contributed by atoms with van der Waals surface area (Å²) < 4.78 is 4.35. The molecule has 0 amide bonds. The molecule has 2 aromatic heterocycles. The molecule has 0 aliphatic heterocycles. The Kier molecular flexibility index (Phi) is 7.24. The minimum Gasteiger partial charge on any atom is -0.401 e. The van der Waals surface area contributed by atoms with Gasteiger partial charge in [-0.05, 0) is 42.3 Å². The number of carbonyl (C=O) groups excluding carboxylic acids is 1.